The van der Waals surface area contributed by atoms with Gasteiger partial charge in [0.1, 0.15) is 0 Å². The lowest BCUT2D eigenvalue weighted by atomic mass is 9.73. The van der Waals surface area contributed by atoms with Gasteiger partial charge in [-0.1, -0.05) is 147 Å². The largest absolute Gasteiger partial charge is 0.309 e. The first kappa shape index (κ1) is 11.2. The lowest BCUT2D eigenvalue weighted by Crippen LogP contribution is -2.31. The van der Waals surface area contributed by atoms with Crippen LogP contribution < -0.4 is 9.80 Å². The smallest absolute Gasteiger partial charge is 0.0649 e. The van der Waals surface area contributed by atoms with E-state index < -0.39 is 283 Å². The van der Waals surface area contributed by atoms with Gasteiger partial charge in [-0.2, -0.15) is 0 Å². The molecule has 2 nitrogen and oxygen atoms in total. The highest BCUT2D eigenvalue weighted by Crippen LogP contribution is 2.56. The van der Waals surface area contributed by atoms with Crippen LogP contribution in [0.25, 0.3) is 42.1 Å². The monoisotopic (exact) mass is 720 g/mol. The molecule has 0 amide bonds. The van der Waals surface area contributed by atoms with Crippen LogP contribution in [0.15, 0.2) is 181 Å². The fourth-order valence-electron chi connectivity index (χ4n) is 5.98. The Labute approximate surface area is 359 Å². The van der Waals surface area contributed by atoms with Crippen molar-refractivity contribution in [2.75, 3.05) is 9.80 Å². The zero-order valence-corrected chi connectivity index (χ0v) is 26.6. The third-order valence-corrected chi connectivity index (χ3v) is 9.28. The Morgan fingerprint density at radius 2 is 1.25 bits per heavy atom. The molecule has 0 aliphatic carbocycles. The van der Waals surface area contributed by atoms with Gasteiger partial charge < -0.3 is 9.80 Å². The highest BCUT2D eigenvalue weighted by molar-refractivity contribution is 7.26. The second-order valence-electron chi connectivity index (χ2n) is 11.0. The van der Waals surface area contributed by atoms with E-state index in [2.05, 4.69) is 0 Å². The van der Waals surface area contributed by atoms with Gasteiger partial charge in [0.2, 0.25) is 0 Å². The molecule has 3 heteroatoms. The predicted octanol–water partition coefficient (Wildman–Crippen LogP) is 14.5. The van der Waals surface area contributed by atoms with Crippen LogP contribution in [0.1, 0.15) is 74.2 Å². The Bertz CT molecular complexity index is 4660. The normalized spacial score (nSPS) is 23.6. The lowest BCUT2D eigenvalue weighted by Gasteiger charge is -2.43. The fourth-order valence-corrected chi connectivity index (χ4v) is 7.04. The molecule has 1 aromatic heterocycles. The maximum atomic E-state index is 10.6. The summed E-state index contributed by atoms with van der Waals surface area (Å²) >= 11 is 0.356. The standard InChI is InChI=1S/C49H36N2S/c1-49(2)41-24-12-13-25-43(41)51(47-37-21-10-9-18-34(37)28-30-38(47)33-16-5-3-6-17-33)44-31-29-36(32-42(44)49)50(35-19-7-4-8-20-35)45-26-15-23-40-39-22-11-14-27-46(39)52-48(40)45/h3-32H,1-2H3/i1D3,2D3,3D,4D,5D,6D,7D,8D,9D,10D,11D,12D,13D,14D,15D,16D,17D,18D,19D,20D,21D,22D,23D,24D,25D,26D,27D,28D,29D,30D,31D,32D. The number of para-hydroxylation sites is 2. The molecule has 0 radical (unpaired) electrons. The summed E-state index contributed by atoms with van der Waals surface area (Å²) in [6, 6.07) is -36.3. The third-order valence-electron chi connectivity index (χ3n) is 8.17. The summed E-state index contributed by atoms with van der Waals surface area (Å²) in [5.41, 5.74) is -17.5. The molecule has 1 aliphatic heterocycles. The highest BCUT2D eigenvalue weighted by Gasteiger charge is 2.38. The van der Waals surface area contributed by atoms with Gasteiger partial charge in [-0.05, 0) is 70.4 Å². The molecule has 0 saturated heterocycles. The van der Waals surface area contributed by atoms with E-state index in [0.29, 0.717) is 21.1 Å². The maximum Gasteiger partial charge on any atom is 0.0649 e. The molecule has 0 N–H and O–H groups in total. The molecular weight excluding hydrogens is 649 g/mol. The van der Waals surface area contributed by atoms with Gasteiger partial charge in [-0.15, -0.1) is 11.3 Å². The lowest BCUT2D eigenvalue weighted by molar-refractivity contribution is 0.632. The summed E-state index contributed by atoms with van der Waals surface area (Å²) in [4.78, 5) is 0.590. The molecule has 8 aromatic carbocycles. The van der Waals surface area contributed by atoms with Crippen LogP contribution >= 0.6 is 11.3 Å². The van der Waals surface area contributed by atoms with E-state index in [1.807, 2.05) is 0 Å². The first-order valence-electron chi connectivity index (χ1n) is 33.0. The van der Waals surface area contributed by atoms with Crippen molar-refractivity contribution in [3.05, 3.63) is 192 Å². The fraction of sp³-hybridized carbons (Fsp3) is 0.0612. The van der Waals surface area contributed by atoms with Crippen molar-refractivity contribution in [2.45, 2.75) is 19.1 Å². The Morgan fingerprint density at radius 1 is 0.558 bits per heavy atom. The van der Waals surface area contributed by atoms with Crippen LogP contribution in [0.5, 0.6) is 0 Å². The highest BCUT2D eigenvalue weighted by atomic mass is 32.1. The summed E-state index contributed by atoms with van der Waals surface area (Å²) in [5, 5.41) is -3.09. The Kier molecular flexibility index (Phi) is 2.57. The number of hydrogen-bond donors (Lipinski definition) is 0. The van der Waals surface area contributed by atoms with Gasteiger partial charge in [0, 0.05) is 51.4 Å². The third kappa shape index (κ3) is 4.70. The zero-order chi connectivity index (χ0) is 65.9. The number of anilines is 6. The molecule has 2 heterocycles. The SMILES string of the molecule is [2H]c1c([2H])c([2H])c(-c2c([2H])c([2H])c3c([2H])c([2H])c([2H])c([2H])c3c2N2c3c([2H])c([2H])c([2H])c([2H])c3C(C([2H])([2H])[2H])(C([2H])([2H])[2H])c3c([2H])c(N(c4c([2H])c([2H])c([2H])c([2H])c4[2H])c4c([2H])c([2H])c([2H])c5c4sc4c([2H])c([2H])c([2H])c([2H])c45)c([2H])c([2H])c32)c([2H])c1[2H]. The number of nitrogens with zero attached hydrogens (tertiary/aromatic N) is 2. The minimum atomic E-state index is -4.37. The number of rotatable bonds is 5. The summed E-state index contributed by atoms with van der Waals surface area (Å²) in [5.74, 6) is 0. The molecule has 1 aliphatic rings. The molecule has 0 saturated carbocycles. The molecule has 52 heavy (non-hydrogen) atoms. The maximum absolute atomic E-state index is 10.6. The van der Waals surface area contributed by atoms with Crippen molar-refractivity contribution in [1.82, 2.24) is 0 Å². The summed E-state index contributed by atoms with van der Waals surface area (Å²) in [7, 11) is 0. The predicted molar refractivity (Wildman–Crippen MR) is 224 cm³/mol. The van der Waals surface area contributed by atoms with Crippen molar-refractivity contribution < 1.29 is 49.3 Å². The summed E-state index contributed by atoms with van der Waals surface area (Å²) in [6.45, 7) is -8.75. The molecule has 0 fully saturated rings. The number of thiophene rings is 1. The average molecular weight is 721 g/mol. The van der Waals surface area contributed by atoms with E-state index in [0.717, 1.165) is 0 Å². The van der Waals surface area contributed by atoms with E-state index in [-0.39, 0.29) is 4.70 Å². The molecule has 0 spiro atoms. The molecule has 0 bridgehead atoms. The van der Waals surface area contributed by atoms with Crippen LogP contribution in [-0.4, -0.2) is 0 Å². The minimum absolute atomic E-state index is 0.294. The van der Waals surface area contributed by atoms with E-state index >= 15 is 0 Å². The number of hydrogen-bond acceptors (Lipinski definition) is 3. The zero-order valence-electron chi connectivity index (χ0n) is 61.8. The van der Waals surface area contributed by atoms with E-state index in [1.54, 1.807) is 0 Å². The molecule has 10 rings (SSSR count). The Morgan fingerprint density at radius 3 is 2.10 bits per heavy atom. The summed E-state index contributed by atoms with van der Waals surface area (Å²) < 4.78 is 331. The quantitative estimate of drug-likeness (QED) is 0.175. The number of benzene rings is 8. The van der Waals surface area contributed by atoms with E-state index in [1.165, 1.54) is 0 Å². The van der Waals surface area contributed by atoms with Gasteiger partial charge in [0.25, 0.3) is 0 Å². The second-order valence-corrected chi connectivity index (χ2v) is 12.0. The molecular formula is C49H36N2S. The molecule has 0 atom stereocenters. The van der Waals surface area contributed by atoms with E-state index in [9.17, 15) is 27.4 Å². The first-order valence-corrected chi connectivity index (χ1v) is 15.8. The second kappa shape index (κ2) is 12.0. The Balaban J connectivity index is 1.59. The van der Waals surface area contributed by atoms with Crippen LogP contribution in [0, 0.1) is 0 Å². The molecule has 0 unspecified atom stereocenters. The topological polar surface area (TPSA) is 6.48 Å². The van der Waals surface area contributed by atoms with Crippen molar-refractivity contribution in [2.24, 2.45) is 0 Å². The van der Waals surface area contributed by atoms with Gasteiger partial charge in [-0.25, -0.2) is 0 Å². The minimum Gasteiger partial charge on any atom is -0.309 e. The van der Waals surface area contributed by atoms with Gasteiger partial charge in [0.05, 0.1) is 68.6 Å². The first-order chi connectivity index (χ1) is 40.5. The van der Waals surface area contributed by atoms with Gasteiger partial charge in [-0.3, -0.25) is 0 Å². The van der Waals surface area contributed by atoms with Crippen molar-refractivity contribution >= 4 is 76.4 Å². The van der Waals surface area contributed by atoms with Crippen LogP contribution in [0.3, 0.4) is 0 Å². The van der Waals surface area contributed by atoms with Crippen LogP contribution in [0.4, 0.5) is 34.1 Å². The molecule has 9 aromatic rings. The van der Waals surface area contributed by atoms with Crippen molar-refractivity contribution in [1.29, 1.82) is 0 Å². The van der Waals surface area contributed by atoms with Gasteiger partial charge in [0.15, 0.2) is 0 Å². The molecule has 248 valence electrons. The van der Waals surface area contributed by atoms with E-state index in [4.69, 9.17) is 21.9 Å². The Hall–Kier alpha value is -6.16. The van der Waals surface area contributed by atoms with Crippen LogP contribution in [0.2, 0.25) is 0 Å². The van der Waals surface area contributed by atoms with Crippen LogP contribution in [-0.2, 0) is 5.41 Å². The van der Waals surface area contributed by atoms with Gasteiger partial charge >= 0.3 is 0 Å². The average Bonchev–Trinajstić information content (AvgIpc) is 0.716. The van der Waals surface area contributed by atoms with Crippen molar-refractivity contribution in [3.8, 4) is 11.1 Å². The number of fused-ring (bicyclic) bond motifs is 6. The van der Waals surface area contributed by atoms with Crippen molar-refractivity contribution in [3.63, 3.8) is 0 Å². The summed E-state index contributed by atoms with van der Waals surface area (Å²) in [6.07, 6.45) is 0.